The maximum Gasteiger partial charge on any atom is 0.227 e. The van der Waals surface area contributed by atoms with Crippen LogP contribution in [-0.2, 0) is 0 Å². The molecule has 0 fully saturated rings. The van der Waals surface area contributed by atoms with Gasteiger partial charge in [-0.3, -0.25) is 0 Å². The van der Waals surface area contributed by atoms with Gasteiger partial charge in [0.1, 0.15) is 5.52 Å². The summed E-state index contributed by atoms with van der Waals surface area (Å²) in [6.07, 6.45) is 0. The van der Waals surface area contributed by atoms with Gasteiger partial charge in [-0.1, -0.05) is 35.3 Å². The van der Waals surface area contributed by atoms with Crippen LogP contribution in [0.4, 0.5) is 5.69 Å². The number of nitrogens with two attached hydrogens (primary N) is 1. The fraction of sp³-hybridized carbons (Fsp3) is 0. The molecular weight excluding hydrogens is 271 g/mol. The number of oxazole rings is 1. The van der Waals surface area contributed by atoms with E-state index in [1.54, 1.807) is 12.1 Å². The fourth-order valence-electron chi connectivity index (χ4n) is 1.70. The van der Waals surface area contributed by atoms with E-state index in [1.165, 1.54) is 0 Å². The Labute approximate surface area is 113 Å². The quantitative estimate of drug-likeness (QED) is 0.672. The number of benzene rings is 2. The zero-order valence-electron chi connectivity index (χ0n) is 9.15. The Hall–Kier alpha value is -1.71. The SMILES string of the molecule is Nc1c(Cl)cc(-c2nc3ccccc3o2)cc1Cl. The molecule has 0 bridgehead atoms. The lowest BCUT2D eigenvalue weighted by molar-refractivity contribution is 0.620. The van der Waals surface area contributed by atoms with Gasteiger partial charge in [-0.25, -0.2) is 4.98 Å². The molecule has 5 heteroatoms. The van der Waals surface area contributed by atoms with Crippen molar-refractivity contribution in [2.75, 3.05) is 5.73 Å². The fourth-order valence-corrected chi connectivity index (χ4v) is 2.19. The van der Waals surface area contributed by atoms with Crippen molar-refractivity contribution in [1.82, 2.24) is 4.98 Å². The van der Waals surface area contributed by atoms with Crippen LogP contribution in [0.25, 0.3) is 22.6 Å². The molecule has 0 atom stereocenters. The average molecular weight is 279 g/mol. The molecule has 2 N–H and O–H groups in total. The second-order valence-corrected chi connectivity index (χ2v) is 4.65. The first-order valence-corrected chi connectivity index (χ1v) is 6.01. The van der Waals surface area contributed by atoms with Crippen LogP contribution in [0.3, 0.4) is 0 Å². The first-order valence-electron chi connectivity index (χ1n) is 5.25. The van der Waals surface area contributed by atoms with Crippen LogP contribution in [0.15, 0.2) is 40.8 Å². The lowest BCUT2D eigenvalue weighted by Gasteiger charge is -2.03. The van der Waals surface area contributed by atoms with E-state index in [9.17, 15) is 0 Å². The molecule has 0 aliphatic rings. The van der Waals surface area contributed by atoms with E-state index < -0.39 is 0 Å². The van der Waals surface area contributed by atoms with E-state index in [0.717, 1.165) is 11.1 Å². The van der Waals surface area contributed by atoms with Crippen LogP contribution < -0.4 is 5.73 Å². The summed E-state index contributed by atoms with van der Waals surface area (Å²) < 4.78 is 5.63. The Balaban J connectivity index is 2.20. The predicted molar refractivity (Wildman–Crippen MR) is 73.9 cm³/mol. The average Bonchev–Trinajstić information content (AvgIpc) is 2.79. The summed E-state index contributed by atoms with van der Waals surface area (Å²) >= 11 is 12.0. The number of para-hydroxylation sites is 2. The highest BCUT2D eigenvalue weighted by Crippen LogP contribution is 2.34. The molecule has 0 aliphatic carbocycles. The summed E-state index contributed by atoms with van der Waals surface area (Å²) in [4.78, 5) is 4.37. The minimum absolute atomic E-state index is 0.359. The zero-order valence-corrected chi connectivity index (χ0v) is 10.7. The monoisotopic (exact) mass is 278 g/mol. The Morgan fingerprint density at radius 3 is 2.39 bits per heavy atom. The van der Waals surface area contributed by atoms with Crippen LogP contribution in [0.5, 0.6) is 0 Å². The zero-order chi connectivity index (χ0) is 12.7. The van der Waals surface area contributed by atoms with Gasteiger partial charge in [-0.2, -0.15) is 0 Å². The van der Waals surface area contributed by atoms with Gasteiger partial charge >= 0.3 is 0 Å². The van der Waals surface area contributed by atoms with Gasteiger partial charge in [0.15, 0.2) is 5.58 Å². The number of fused-ring (bicyclic) bond motifs is 1. The largest absolute Gasteiger partial charge is 0.436 e. The van der Waals surface area contributed by atoms with Gasteiger partial charge in [0, 0.05) is 5.56 Å². The molecule has 3 aromatic rings. The van der Waals surface area contributed by atoms with Crippen molar-refractivity contribution in [2.24, 2.45) is 0 Å². The summed E-state index contributed by atoms with van der Waals surface area (Å²) in [6.45, 7) is 0. The Bertz CT molecular complexity index is 681. The number of nitrogen functional groups attached to an aromatic ring is 1. The number of anilines is 1. The van der Waals surface area contributed by atoms with Crippen molar-refractivity contribution in [2.45, 2.75) is 0 Å². The number of aromatic nitrogens is 1. The third-order valence-corrected chi connectivity index (χ3v) is 3.25. The third-order valence-electron chi connectivity index (χ3n) is 2.62. The van der Waals surface area contributed by atoms with Gasteiger partial charge in [0.2, 0.25) is 5.89 Å². The summed E-state index contributed by atoms with van der Waals surface area (Å²) in [5.41, 5.74) is 8.26. The van der Waals surface area contributed by atoms with Gasteiger partial charge in [-0.05, 0) is 24.3 Å². The van der Waals surface area contributed by atoms with E-state index in [4.69, 9.17) is 33.4 Å². The van der Waals surface area contributed by atoms with E-state index in [-0.39, 0.29) is 0 Å². The maximum absolute atomic E-state index is 5.99. The molecule has 90 valence electrons. The van der Waals surface area contributed by atoms with Crippen LogP contribution in [0.2, 0.25) is 10.0 Å². The molecule has 0 spiro atoms. The number of hydrogen-bond acceptors (Lipinski definition) is 3. The van der Waals surface area contributed by atoms with Crippen molar-refractivity contribution in [3.8, 4) is 11.5 Å². The highest BCUT2D eigenvalue weighted by Gasteiger charge is 2.11. The highest BCUT2D eigenvalue weighted by atomic mass is 35.5. The Morgan fingerprint density at radius 2 is 1.72 bits per heavy atom. The number of rotatable bonds is 1. The van der Waals surface area contributed by atoms with E-state index in [1.807, 2.05) is 24.3 Å². The van der Waals surface area contributed by atoms with Crippen molar-refractivity contribution in [3.63, 3.8) is 0 Å². The van der Waals surface area contributed by atoms with Crippen molar-refractivity contribution in [3.05, 3.63) is 46.4 Å². The maximum atomic E-state index is 5.99. The van der Waals surface area contributed by atoms with Gasteiger partial charge in [0.05, 0.1) is 15.7 Å². The Kier molecular flexibility index (Phi) is 2.65. The second-order valence-electron chi connectivity index (χ2n) is 3.84. The first kappa shape index (κ1) is 11.4. The smallest absolute Gasteiger partial charge is 0.227 e. The van der Waals surface area contributed by atoms with E-state index >= 15 is 0 Å². The van der Waals surface area contributed by atoms with Crippen LogP contribution in [-0.4, -0.2) is 4.98 Å². The van der Waals surface area contributed by atoms with Gasteiger partial charge < -0.3 is 10.2 Å². The van der Waals surface area contributed by atoms with E-state index in [2.05, 4.69) is 4.98 Å². The third kappa shape index (κ3) is 1.82. The van der Waals surface area contributed by atoms with Crippen molar-refractivity contribution >= 4 is 40.0 Å². The molecule has 0 amide bonds. The topological polar surface area (TPSA) is 52.0 Å². The molecule has 0 saturated carbocycles. The minimum atomic E-state index is 0.359. The van der Waals surface area contributed by atoms with Gasteiger partial charge in [0.25, 0.3) is 0 Å². The molecule has 3 nitrogen and oxygen atoms in total. The first-order chi connectivity index (χ1) is 8.65. The molecule has 18 heavy (non-hydrogen) atoms. The standard InChI is InChI=1S/C13H8Cl2N2O/c14-8-5-7(6-9(15)12(8)16)13-17-10-3-1-2-4-11(10)18-13/h1-6H,16H2. The van der Waals surface area contributed by atoms with Crippen LogP contribution in [0, 0.1) is 0 Å². The van der Waals surface area contributed by atoms with E-state index in [0.29, 0.717) is 27.2 Å². The molecule has 1 aromatic heterocycles. The molecule has 0 radical (unpaired) electrons. The minimum Gasteiger partial charge on any atom is -0.436 e. The normalized spacial score (nSPS) is 11.0. The Morgan fingerprint density at radius 1 is 1.06 bits per heavy atom. The number of nitrogens with zero attached hydrogens (tertiary/aromatic N) is 1. The molecule has 2 aromatic carbocycles. The molecule has 0 saturated heterocycles. The van der Waals surface area contributed by atoms with Crippen molar-refractivity contribution in [1.29, 1.82) is 0 Å². The van der Waals surface area contributed by atoms with Crippen LogP contribution >= 0.6 is 23.2 Å². The highest BCUT2D eigenvalue weighted by molar-refractivity contribution is 6.39. The van der Waals surface area contributed by atoms with Crippen molar-refractivity contribution < 1.29 is 4.42 Å². The lowest BCUT2D eigenvalue weighted by Crippen LogP contribution is -1.89. The molecule has 0 aliphatic heterocycles. The predicted octanol–water partition coefficient (Wildman–Crippen LogP) is 4.38. The number of hydrogen-bond donors (Lipinski definition) is 1. The van der Waals surface area contributed by atoms with Crippen LogP contribution in [0.1, 0.15) is 0 Å². The second kappa shape index (κ2) is 4.19. The van der Waals surface area contributed by atoms with Gasteiger partial charge in [-0.15, -0.1) is 0 Å². The molecular formula is C13H8Cl2N2O. The molecule has 1 heterocycles. The molecule has 3 rings (SSSR count). The lowest BCUT2D eigenvalue weighted by atomic mass is 10.2. The summed E-state index contributed by atoms with van der Waals surface area (Å²) in [7, 11) is 0. The summed E-state index contributed by atoms with van der Waals surface area (Å²) in [6, 6.07) is 10.9. The summed E-state index contributed by atoms with van der Waals surface area (Å²) in [5, 5.41) is 0.777. The molecule has 0 unspecified atom stereocenters. The summed E-state index contributed by atoms with van der Waals surface area (Å²) in [5.74, 6) is 0.472. The number of halogens is 2.